The number of halogens is 1. The van der Waals surface area contributed by atoms with E-state index in [1.807, 2.05) is 43.3 Å². The standard InChI is InChI=1S/C15H24N4O.ClH/c1-18(2)14-5-3-4-13(12-14)15(20)17-8-11-19-9-6-16-7-10-19;/h3-5,12,16H,6-11H2,1-2H3,(H,17,20);1H. The Morgan fingerprint density at radius 2 is 2.05 bits per heavy atom. The maximum Gasteiger partial charge on any atom is 0.251 e. The predicted molar refractivity (Wildman–Crippen MR) is 89.7 cm³/mol. The molecule has 1 aliphatic rings. The summed E-state index contributed by atoms with van der Waals surface area (Å²) in [6.45, 7) is 5.82. The van der Waals surface area contributed by atoms with Gasteiger partial charge in [-0.25, -0.2) is 0 Å². The summed E-state index contributed by atoms with van der Waals surface area (Å²) in [7, 11) is 3.95. The van der Waals surface area contributed by atoms with Crippen LogP contribution >= 0.6 is 12.4 Å². The lowest BCUT2D eigenvalue weighted by Gasteiger charge is -2.27. The van der Waals surface area contributed by atoms with Crippen LogP contribution in [0, 0.1) is 0 Å². The maximum absolute atomic E-state index is 12.1. The second-order valence-electron chi connectivity index (χ2n) is 5.29. The van der Waals surface area contributed by atoms with Crippen molar-refractivity contribution in [2.75, 3.05) is 58.3 Å². The topological polar surface area (TPSA) is 47.6 Å². The van der Waals surface area contributed by atoms with E-state index in [2.05, 4.69) is 15.5 Å². The van der Waals surface area contributed by atoms with Gasteiger partial charge in [-0.2, -0.15) is 0 Å². The van der Waals surface area contributed by atoms with Crippen LogP contribution in [0.2, 0.25) is 0 Å². The predicted octanol–water partition coefficient (Wildman–Crippen LogP) is 0.809. The Balaban J connectivity index is 0.00000220. The number of hydrogen-bond acceptors (Lipinski definition) is 4. The summed E-state index contributed by atoms with van der Waals surface area (Å²) in [6.07, 6.45) is 0. The van der Waals surface area contributed by atoms with Crippen molar-refractivity contribution in [2.45, 2.75) is 0 Å². The van der Waals surface area contributed by atoms with Gasteiger partial charge in [-0.05, 0) is 18.2 Å². The lowest BCUT2D eigenvalue weighted by molar-refractivity contribution is 0.0947. The van der Waals surface area contributed by atoms with Crippen molar-refractivity contribution in [3.05, 3.63) is 29.8 Å². The zero-order valence-corrected chi connectivity index (χ0v) is 13.6. The van der Waals surface area contributed by atoms with E-state index in [-0.39, 0.29) is 18.3 Å². The van der Waals surface area contributed by atoms with Gasteiger partial charge in [0, 0.05) is 64.6 Å². The normalized spacial score (nSPS) is 15.1. The fourth-order valence-corrected chi connectivity index (χ4v) is 2.29. The molecule has 1 aromatic rings. The molecule has 0 saturated carbocycles. The summed E-state index contributed by atoms with van der Waals surface area (Å²) in [6, 6.07) is 7.69. The van der Waals surface area contributed by atoms with Crippen molar-refractivity contribution < 1.29 is 4.79 Å². The Labute approximate surface area is 133 Å². The van der Waals surface area contributed by atoms with Gasteiger partial charge in [0.25, 0.3) is 5.91 Å². The quantitative estimate of drug-likeness (QED) is 0.845. The molecule has 118 valence electrons. The first kappa shape index (κ1) is 17.8. The Kier molecular flexibility index (Phi) is 7.50. The lowest BCUT2D eigenvalue weighted by Crippen LogP contribution is -2.46. The van der Waals surface area contributed by atoms with E-state index in [4.69, 9.17) is 0 Å². The van der Waals surface area contributed by atoms with Crippen LogP contribution in [0.4, 0.5) is 5.69 Å². The molecule has 0 radical (unpaired) electrons. The Morgan fingerprint density at radius 1 is 1.33 bits per heavy atom. The van der Waals surface area contributed by atoms with E-state index >= 15 is 0 Å². The average Bonchev–Trinajstić information content (AvgIpc) is 2.48. The van der Waals surface area contributed by atoms with Crippen molar-refractivity contribution in [1.29, 1.82) is 0 Å². The zero-order valence-electron chi connectivity index (χ0n) is 12.8. The highest BCUT2D eigenvalue weighted by Gasteiger charge is 2.10. The molecule has 21 heavy (non-hydrogen) atoms. The van der Waals surface area contributed by atoms with Crippen LogP contribution < -0.4 is 15.5 Å². The monoisotopic (exact) mass is 312 g/mol. The van der Waals surface area contributed by atoms with Crippen molar-refractivity contribution in [3.8, 4) is 0 Å². The van der Waals surface area contributed by atoms with Gasteiger partial charge in [0.05, 0.1) is 0 Å². The number of anilines is 1. The molecule has 5 nitrogen and oxygen atoms in total. The molecule has 1 heterocycles. The number of nitrogens with one attached hydrogen (secondary N) is 2. The fourth-order valence-electron chi connectivity index (χ4n) is 2.29. The molecular formula is C15H25ClN4O. The van der Waals surface area contributed by atoms with E-state index in [0.29, 0.717) is 6.54 Å². The van der Waals surface area contributed by atoms with Gasteiger partial charge in [0.1, 0.15) is 0 Å². The third kappa shape index (κ3) is 5.53. The molecule has 1 amide bonds. The lowest BCUT2D eigenvalue weighted by atomic mass is 10.2. The molecule has 1 aromatic carbocycles. The van der Waals surface area contributed by atoms with E-state index < -0.39 is 0 Å². The Morgan fingerprint density at radius 3 is 2.71 bits per heavy atom. The molecule has 0 aromatic heterocycles. The number of hydrogen-bond donors (Lipinski definition) is 2. The summed E-state index contributed by atoms with van der Waals surface area (Å²) in [5.41, 5.74) is 1.76. The average molecular weight is 313 g/mol. The first-order chi connectivity index (χ1) is 9.66. The summed E-state index contributed by atoms with van der Waals surface area (Å²) in [5, 5.41) is 6.32. The fraction of sp³-hybridized carbons (Fsp3) is 0.533. The summed E-state index contributed by atoms with van der Waals surface area (Å²) in [4.78, 5) is 16.5. The molecule has 0 atom stereocenters. The van der Waals surface area contributed by atoms with Crippen LogP contribution in [0.5, 0.6) is 0 Å². The van der Waals surface area contributed by atoms with E-state index in [9.17, 15) is 4.79 Å². The molecule has 0 aliphatic carbocycles. The van der Waals surface area contributed by atoms with Crippen molar-refractivity contribution in [2.24, 2.45) is 0 Å². The number of nitrogens with zero attached hydrogens (tertiary/aromatic N) is 2. The third-order valence-corrected chi connectivity index (χ3v) is 3.55. The highest BCUT2D eigenvalue weighted by atomic mass is 35.5. The molecular weight excluding hydrogens is 288 g/mol. The second-order valence-corrected chi connectivity index (χ2v) is 5.29. The Bertz CT molecular complexity index is 447. The molecule has 0 bridgehead atoms. The van der Waals surface area contributed by atoms with Crippen LogP contribution in [-0.2, 0) is 0 Å². The highest BCUT2D eigenvalue weighted by Crippen LogP contribution is 2.13. The van der Waals surface area contributed by atoms with Gasteiger partial charge in [-0.3, -0.25) is 9.69 Å². The van der Waals surface area contributed by atoms with Crippen LogP contribution in [-0.4, -0.2) is 64.2 Å². The van der Waals surface area contributed by atoms with Gasteiger partial charge in [-0.1, -0.05) is 6.07 Å². The zero-order chi connectivity index (χ0) is 14.4. The third-order valence-electron chi connectivity index (χ3n) is 3.55. The van der Waals surface area contributed by atoms with E-state index in [1.54, 1.807) is 0 Å². The molecule has 6 heteroatoms. The number of benzene rings is 1. The van der Waals surface area contributed by atoms with Crippen molar-refractivity contribution >= 4 is 24.0 Å². The van der Waals surface area contributed by atoms with Gasteiger partial charge in [-0.15, -0.1) is 12.4 Å². The number of carbonyl (C=O) groups is 1. The van der Waals surface area contributed by atoms with Gasteiger partial charge in [0.2, 0.25) is 0 Å². The number of rotatable bonds is 5. The maximum atomic E-state index is 12.1. The van der Waals surface area contributed by atoms with Crippen LogP contribution in [0.1, 0.15) is 10.4 Å². The largest absolute Gasteiger partial charge is 0.378 e. The molecule has 2 rings (SSSR count). The second kappa shape index (κ2) is 8.87. The number of piperazine rings is 1. The molecule has 1 aliphatic heterocycles. The van der Waals surface area contributed by atoms with Gasteiger partial charge in [0.15, 0.2) is 0 Å². The van der Waals surface area contributed by atoms with Crippen LogP contribution in [0.15, 0.2) is 24.3 Å². The van der Waals surface area contributed by atoms with Crippen molar-refractivity contribution in [3.63, 3.8) is 0 Å². The summed E-state index contributed by atoms with van der Waals surface area (Å²) < 4.78 is 0. The minimum Gasteiger partial charge on any atom is -0.378 e. The SMILES string of the molecule is CN(C)c1cccc(C(=O)NCCN2CCNCC2)c1.Cl. The molecule has 1 saturated heterocycles. The summed E-state index contributed by atoms with van der Waals surface area (Å²) in [5.74, 6) is 0.00355. The van der Waals surface area contributed by atoms with E-state index in [1.165, 1.54) is 0 Å². The van der Waals surface area contributed by atoms with Crippen molar-refractivity contribution in [1.82, 2.24) is 15.5 Å². The van der Waals surface area contributed by atoms with E-state index in [0.717, 1.165) is 44.0 Å². The smallest absolute Gasteiger partial charge is 0.251 e. The number of amides is 1. The summed E-state index contributed by atoms with van der Waals surface area (Å²) >= 11 is 0. The molecule has 0 unspecified atom stereocenters. The molecule has 1 fully saturated rings. The van der Waals surface area contributed by atoms with Crippen LogP contribution in [0.3, 0.4) is 0 Å². The van der Waals surface area contributed by atoms with Gasteiger partial charge < -0.3 is 15.5 Å². The van der Waals surface area contributed by atoms with Gasteiger partial charge >= 0.3 is 0 Å². The first-order valence-corrected chi connectivity index (χ1v) is 7.15. The minimum atomic E-state index is 0. The highest BCUT2D eigenvalue weighted by molar-refractivity contribution is 5.95. The molecule has 2 N–H and O–H groups in total. The number of carbonyl (C=O) groups excluding carboxylic acids is 1. The molecule has 0 spiro atoms. The minimum absolute atomic E-state index is 0. The van der Waals surface area contributed by atoms with Crippen LogP contribution in [0.25, 0.3) is 0 Å². The first-order valence-electron chi connectivity index (χ1n) is 7.15. The Hall–Kier alpha value is -1.30.